The first-order valence-corrected chi connectivity index (χ1v) is 9.08. The van der Waals surface area contributed by atoms with Crippen molar-refractivity contribution >= 4 is 11.8 Å². The van der Waals surface area contributed by atoms with E-state index in [1.807, 2.05) is 16.8 Å². The number of piperidine rings is 2. The molecule has 0 aromatic heterocycles. The molecule has 0 bridgehead atoms. The van der Waals surface area contributed by atoms with Crippen LogP contribution in [0.15, 0.2) is 0 Å². The second kappa shape index (κ2) is 9.34. The van der Waals surface area contributed by atoms with Crippen LogP contribution in [0.5, 0.6) is 0 Å². The lowest BCUT2D eigenvalue weighted by molar-refractivity contribution is -0.137. The van der Waals surface area contributed by atoms with Gasteiger partial charge in [-0.15, -0.1) is 0 Å². The molecule has 7 heteroatoms. The van der Waals surface area contributed by atoms with Crippen molar-refractivity contribution in [2.75, 3.05) is 59.5 Å². The van der Waals surface area contributed by atoms with Crippen molar-refractivity contribution in [2.24, 2.45) is 17.6 Å². The number of nitrogens with zero attached hydrogens (tertiary/aromatic N) is 3. The van der Waals surface area contributed by atoms with Crippen LogP contribution in [0.1, 0.15) is 25.7 Å². The molecule has 0 aliphatic carbocycles. The number of primary amides is 1. The summed E-state index contributed by atoms with van der Waals surface area (Å²) < 4.78 is 0. The molecule has 2 saturated heterocycles. The van der Waals surface area contributed by atoms with E-state index in [4.69, 9.17) is 10.8 Å². The molecule has 2 rings (SSSR count). The standard InChI is InChI=1S/C17H32N4O3/c1-19(10-14-4-2-6-20(11-14)8-9-22)17(24)15-5-3-7-21(12-15)13-16(18)23/h14-15,22H,2-13H2,1H3,(H2,18,23). The predicted octanol–water partition coefficient (Wildman–Crippen LogP) is -0.654. The highest BCUT2D eigenvalue weighted by Crippen LogP contribution is 2.21. The van der Waals surface area contributed by atoms with Gasteiger partial charge in [-0.3, -0.25) is 14.5 Å². The van der Waals surface area contributed by atoms with Crippen LogP contribution < -0.4 is 5.73 Å². The number of carbonyl (C=O) groups excluding carboxylic acids is 2. The van der Waals surface area contributed by atoms with Gasteiger partial charge in [0.2, 0.25) is 11.8 Å². The Balaban J connectivity index is 1.81. The number of likely N-dealkylation sites (tertiary alicyclic amines) is 2. The maximum absolute atomic E-state index is 12.7. The maximum atomic E-state index is 12.7. The molecule has 2 heterocycles. The summed E-state index contributed by atoms with van der Waals surface area (Å²) in [4.78, 5) is 30.0. The Hall–Kier alpha value is -1.18. The Morgan fingerprint density at radius 3 is 2.58 bits per heavy atom. The number of aliphatic hydroxyl groups excluding tert-OH is 1. The lowest BCUT2D eigenvalue weighted by Crippen LogP contribution is -2.48. The van der Waals surface area contributed by atoms with Gasteiger partial charge in [0, 0.05) is 33.2 Å². The number of rotatable bonds is 7. The molecule has 0 aromatic rings. The molecule has 2 amide bonds. The van der Waals surface area contributed by atoms with Crippen LogP contribution in [0.25, 0.3) is 0 Å². The van der Waals surface area contributed by atoms with E-state index in [-0.39, 0.29) is 30.9 Å². The fourth-order valence-corrected chi connectivity index (χ4v) is 4.05. The minimum Gasteiger partial charge on any atom is -0.395 e. The van der Waals surface area contributed by atoms with E-state index < -0.39 is 0 Å². The van der Waals surface area contributed by atoms with E-state index in [1.165, 1.54) is 0 Å². The van der Waals surface area contributed by atoms with Gasteiger partial charge in [-0.25, -0.2) is 0 Å². The molecule has 0 saturated carbocycles. The number of carbonyl (C=O) groups is 2. The first-order valence-electron chi connectivity index (χ1n) is 9.08. The predicted molar refractivity (Wildman–Crippen MR) is 92.2 cm³/mol. The lowest BCUT2D eigenvalue weighted by atomic mass is 9.94. The molecule has 3 N–H and O–H groups in total. The highest BCUT2D eigenvalue weighted by Gasteiger charge is 2.30. The fourth-order valence-electron chi connectivity index (χ4n) is 4.05. The zero-order valence-electron chi connectivity index (χ0n) is 14.8. The summed E-state index contributed by atoms with van der Waals surface area (Å²) in [6.45, 7) is 5.40. The smallest absolute Gasteiger partial charge is 0.231 e. The Labute approximate surface area is 144 Å². The van der Waals surface area contributed by atoms with Gasteiger partial charge >= 0.3 is 0 Å². The molecule has 7 nitrogen and oxygen atoms in total. The summed E-state index contributed by atoms with van der Waals surface area (Å²) >= 11 is 0. The Morgan fingerprint density at radius 2 is 1.88 bits per heavy atom. The first-order chi connectivity index (χ1) is 11.5. The van der Waals surface area contributed by atoms with Gasteiger partial charge in [-0.05, 0) is 44.7 Å². The SMILES string of the molecule is CN(CC1CCCN(CCO)C1)C(=O)C1CCCN(CC(N)=O)C1. The molecule has 0 radical (unpaired) electrons. The highest BCUT2D eigenvalue weighted by atomic mass is 16.3. The second-order valence-electron chi connectivity index (χ2n) is 7.29. The highest BCUT2D eigenvalue weighted by molar-refractivity contribution is 5.79. The molecule has 2 aliphatic rings. The molecular formula is C17H32N4O3. The van der Waals surface area contributed by atoms with Crippen molar-refractivity contribution in [1.29, 1.82) is 0 Å². The minimum atomic E-state index is -0.331. The van der Waals surface area contributed by atoms with Crippen LogP contribution >= 0.6 is 0 Å². The largest absolute Gasteiger partial charge is 0.395 e. The molecule has 0 spiro atoms. The molecule has 24 heavy (non-hydrogen) atoms. The van der Waals surface area contributed by atoms with Crippen LogP contribution in [-0.4, -0.2) is 91.1 Å². The van der Waals surface area contributed by atoms with E-state index in [2.05, 4.69) is 4.90 Å². The van der Waals surface area contributed by atoms with E-state index in [0.29, 0.717) is 12.5 Å². The zero-order valence-corrected chi connectivity index (χ0v) is 14.8. The topological polar surface area (TPSA) is 90.1 Å². The van der Waals surface area contributed by atoms with Crippen LogP contribution in [-0.2, 0) is 9.59 Å². The van der Waals surface area contributed by atoms with Crippen LogP contribution in [0.4, 0.5) is 0 Å². The summed E-state index contributed by atoms with van der Waals surface area (Å²) in [5.74, 6) is 0.302. The van der Waals surface area contributed by atoms with Crippen LogP contribution in [0, 0.1) is 11.8 Å². The monoisotopic (exact) mass is 340 g/mol. The number of amides is 2. The van der Waals surface area contributed by atoms with Gasteiger partial charge in [0.25, 0.3) is 0 Å². The molecular weight excluding hydrogens is 308 g/mol. The van der Waals surface area contributed by atoms with Crippen molar-refractivity contribution in [3.63, 3.8) is 0 Å². The van der Waals surface area contributed by atoms with Gasteiger partial charge < -0.3 is 20.6 Å². The van der Waals surface area contributed by atoms with Crippen molar-refractivity contribution < 1.29 is 14.7 Å². The van der Waals surface area contributed by atoms with Crippen LogP contribution in [0.2, 0.25) is 0 Å². The molecule has 2 aliphatic heterocycles. The minimum absolute atomic E-state index is 0.0276. The summed E-state index contributed by atoms with van der Waals surface area (Å²) in [7, 11) is 1.89. The van der Waals surface area contributed by atoms with Crippen molar-refractivity contribution in [3.8, 4) is 0 Å². The molecule has 0 aromatic carbocycles. The van der Waals surface area contributed by atoms with E-state index in [1.54, 1.807) is 0 Å². The average Bonchev–Trinajstić information content (AvgIpc) is 2.54. The van der Waals surface area contributed by atoms with Crippen molar-refractivity contribution in [3.05, 3.63) is 0 Å². The quantitative estimate of drug-likeness (QED) is 0.643. The Bertz CT molecular complexity index is 430. The number of aliphatic hydroxyl groups is 1. The van der Waals surface area contributed by atoms with Gasteiger partial charge in [-0.2, -0.15) is 0 Å². The first kappa shape index (κ1) is 19.1. The molecule has 2 atom stereocenters. The van der Waals surface area contributed by atoms with Gasteiger partial charge in [0.1, 0.15) is 0 Å². The summed E-state index contributed by atoms with van der Waals surface area (Å²) in [6, 6.07) is 0. The Kier molecular flexibility index (Phi) is 7.45. The number of nitrogens with two attached hydrogens (primary N) is 1. The van der Waals surface area contributed by atoms with E-state index >= 15 is 0 Å². The van der Waals surface area contributed by atoms with Gasteiger partial charge in [0.15, 0.2) is 0 Å². The van der Waals surface area contributed by atoms with Crippen molar-refractivity contribution in [1.82, 2.24) is 14.7 Å². The summed E-state index contributed by atoms with van der Waals surface area (Å²) in [6.07, 6.45) is 4.09. The third-order valence-corrected chi connectivity index (χ3v) is 5.16. The normalized spacial score (nSPS) is 26.2. The third-order valence-electron chi connectivity index (χ3n) is 5.16. The third kappa shape index (κ3) is 5.72. The van der Waals surface area contributed by atoms with Crippen molar-refractivity contribution in [2.45, 2.75) is 25.7 Å². The second-order valence-corrected chi connectivity index (χ2v) is 7.29. The molecule has 2 fully saturated rings. The average molecular weight is 340 g/mol. The lowest BCUT2D eigenvalue weighted by Gasteiger charge is -2.37. The van der Waals surface area contributed by atoms with E-state index in [0.717, 1.165) is 58.4 Å². The molecule has 138 valence electrons. The Morgan fingerprint density at radius 1 is 1.17 bits per heavy atom. The summed E-state index contributed by atoms with van der Waals surface area (Å²) in [5, 5.41) is 9.09. The molecule has 2 unspecified atom stereocenters. The summed E-state index contributed by atoms with van der Waals surface area (Å²) in [5.41, 5.74) is 5.27. The number of hydrogen-bond donors (Lipinski definition) is 2. The fraction of sp³-hybridized carbons (Fsp3) is 0.882. The zero-order chi connectivity index (χ0) is 17.5. The number of β-amino-alcohol motifs (C(OH)–C–C–N with tert-alkyl or cyclic N) is 1. The maximum Gasteiger partial charge on any atom is 0.231 e. The van der Waals surface area contributed by atoms with Gasteiger partial charge in [0.05, 0.1) is 19.1 Å². The van der Waals surface area contributed by atoms with Gasteiger partial charge in [-0.1, -0.05) is 0 Å². The van der Waals surface area contributed by atoms with E-state index in [9.17, 15) is 9.59 Å². The van der Waals surface area contributed by atoms with Crippen LogP contribution in [0.3, 0.4) is 0 Å². The number of hydrogen-bond acceptors (Lipinski definition) is 5.